The van der Waals surface area contributed by atoms with Gasteiger partial charge < -0.3 is 0 Å². The Labute approximate surface area is 96.2 Å². The number of nitrogens with zero attached hydrogens (tertiary/aromatic N) is 1. The number of rotatable bonds is 2. The molecule has 0 radical (unpaired) electrons. The van der Waals surface area contributed by atoms with Crippen LogP contribution in [0.5, 0.6) is 0 Å². The Bertz CT molecular complexity index is 584. The monoisotopic (exact) mass is 229 g/mol. The minimum absolute atomic E-state index is 0.0600. The summed E-state index contributed by atoms with van der Waals surface area (Å²) in [6, 6.07) is 5.84. The molecule has 0 spiro atoms. The number of hydrogen-bond acceptors (Lipinski definition) is 4. The molecule has 5 nitrogen and oxygen atoms in total. The van der Waals surface area contributed by atoms with Gasteiger partial charge in [-0.25, -0.2) is 0 Å². The minimum atomic E-state index is -0.577. The van der Waals surface area contributed by atoms with Gasteiger partial charge in [0.2, 0.25) is 0 Å². The predicted octanol–water partition coefficient (Wildman–Crippen LogP) is 1.69. The summed E-state index contributed by atoms with van der Waals surface area (Å²) in [5.41, 5.74) is 0.0419. The third-order valence-electron chi connectivity index (χ3n) is 2.34. The molecular weight excluding hydrogens is 222 g/mol. The smallest absolute Gasteiger partial charge is 0.277 e. The van der Waals surface area contributed by atoms with Crippen molar-refractivity contribution in [1.29, 1.82) is 0 Å². The Morgan fingerprint density at radius 2 is 1.76 bits per heavy atom. The first-order valence-corrected chi connectivity index (χ1v) is 4.81. The number of carbonyl (C=O) groups excluding carboxylic acids is 2. The summed E-state index contributed by atoms with van der Waals surface area (Å²) < 4.78 is 0. The SMILES string of the molecule is O=C1C=CC(=O)C(c2ccccc2[N+](=O)[O-])=C1. The zero-order valence-corrected chi connectivity index (χ0v) is 8.62. The fourth-order valence-electron chi connectivity index (χ4n) is 1.58. The maximum absolute atomic E-state index is 11.6. The van der Waals surface area contributed by atoms with Crippen molar-refractivity contribution < 1.29 is 14.5 Å². The van der Waals surface area contributed by atoms with Crippen molar-refractivity contribution in [3.63, 3.8) is 0 Å². The van der Waals surface area contributed by atoms with Crippen molar-refractivity contribution in [3.8, 4) is 0 Å². The van der Waals surface area contributed by atoms with E-state index in [1.165, 1.54) is 18.2 Å². The molecule has 1 aromatic rings. The maximum Gasteiger partial charge on any atom is 0.277 e. The number of ketones is 2. The van der Waals surface area contributed by atoms with Crippen LogP contribution in [-0.2, 0) is 9.59 Å². The molecule has 0 atom stereocenters. The summed E-state index contributed by atoms with van der Waals surface area (Å²) in [4.78, 5) is 33.0. The topological polar surface area (TPSA) is 77.3 Å². The molecule has 0 fully saturated rings. The molecule has 0 aliphatic heterocycles. The summed E-state index contributed by atoms with van der Waals surface area (Å²) >= 11 is 0. The fraction of sp³-hybridized carbons (Fsp3) is 0. The van der Waals surface area contributed by atoms with E-state index < -0.39 is 10.7 Å². The van der Waals surface area contributed by atoms with Crippen LogP contribution < -0.4 is 0 Å². The second kappa shape index (κ2) is 4.13. The van der Waals surface area contributed by atoms with Crippen LogP contribution in [0.25, 0.3) is 5.57 Å². The van der Waals surface area contributed by atoms with Gasteiger partial charge in [0.25, 0.3) is 5.69 Å². The molecule has 84 valence electrons. The largest absolute Gasteiger partial charge is 0.290 e. The van der Waals surface area contributed by atoms with Gasteiger partial charge in [0.15, 0.2) is 11.6 Å². The van der Waals surface area contributed by atoms with E-state index in [1.54, 1.807) is 6.07 Å². The number of allylic oxidation sites excluding steroid dienone is 4. The lowest BCUT2D eigenvalue weighted by molar-refractivity contribution is -0.385. The Morgan fingerprint density at radius 1 is 1.06 bits per heavy atom. The standard InChI is InChI=1S/C12H7NO4/c14-8-5-6-12(15)10(7-8)9-3-1-2-4-11(9)13(16)17/h1-7H. The van der Waals surface area contributed by atoms with Gasteiger partial charge in [-0.2, -0.15) is 0 Å². The number of hydrogen-bond donors (Lipinski definition) is 0. The number of para-hydroxylation sites is 1. The highest BCUT2D eigenvalue weighted by Crippen LogP contribution is 2.27. The van der Waals surface area contributed by atoms with Crippen LogP contribution in [0.2, 0.25) is 0 Å². The van der Waals surface area contributed by atoms with Crippen LogP contribution >= 0.6 is 0 Å². The Morgan fingerprint density at radius 3 is 2.47 bits per heavy atom. The summed E-state index contributed by atoms with van der Waals surface area (Å²) in [6.45, 7) is 0. The summed E-state index contributed by atoms with van der Waals surface area (Å²) in [5.74, 6) is -0.753. The van der Waals surface area contributed by atoms with Crippen molar-refractivity contribution >= 4 is 22.8 Å². The van der Waals surface area contributed by atoms with Crippen LogP contribution in [0.4, 0.5) is 5.69 Å². The van der Waals surface area contributed by atoms with Crippen LogP contribution in [0.1, 0.15) is 5.56 Å². The van der Waals surface area contributed by atoms with Gasteiger partial charge in [0, 0.05) is 11.6 Å². The zero-order valence-electron chi connectivity index (χ0n) is 8.62. The van der Waals surface area contributed by atoms with Gasteiger partial charge >= 0.3 is 0 Å². The normalized spacial score (nSPS) is 14.7. The van der Waals surface area contributed by atoms with Crippen LogP contribution in [-0.4, -0.2) is 16.5 Å². The van der Waals surface area contributed by atoms with Gasteiger partial charge in [0.1, 0.15) is 0 Å². The Hall–Kier alpha value is -2.56. The van der Waals surface area contributed by atoms with Crippen molar-refractivity contribution in [2.75, 3.05) is 0 Å². The highest BCUT2D eigenvalue weighted by molar-refractivity contribution is 6.34. The average Bonchev–Trinajstić information content (AvgIpc) is 2.32. The molecule has 0 N–H and O–H groups in total. The van der Waals surface area contributed by atoms with Gasteiger partial charge in [-0.1, -0.05) is 12.1 Å². The third-order valence-corrected chi connectivity index (χ3v) is 2.34. The first kappa shape index (κ1) is 10.9. The molecule has 0 saturated carbocycles. The average molecular weight is 229 g/mol. The summed E-state index contributed by atoms with van der Waals surface area (Å²) in [6.07, 6.45) is 3.37. The quantitative estimate of drug-likeness (QED) is 0.439. The number of benzene rings is 1. The summed E-state index contributed by atoms with van der Waals surface area (Å²) in [7, 11) is 0. The Balaban J connectivity index is 2.58. The first-order valence-electron chi connectivity index (χ1n) is 4.81. The third kappa shape index (κ3) is 2.03. The van der Waals surface area contributed by atoms with Crippen LogP contribution in [0.3, 0.4) is 0 Å². The molecule has 0 aromatic heterocycles. The van der Waals surface area contributed by atoms with Gasteiger partial charge in [-0.3, -0.25) is 19.7 Å². The molecule has 1 aliphatic carbocycles. The molecule has 0 saturated heterocycles. The lowest BCUT2D eigenvalue weighted by Crippen LogP contribution is -2.08. The van der Waals surface area contributed by atoms with Crippen LogP contribution in [0, 0.1) is 10.1 Å². The van der Waals surface area contributed by atoms with Gasteiger partial charge in [-0.15, -0.1) is 0 Å². The molecule has 0 bridgehead atoms. The molecule has 5 heteroatoms. The van der Waals surface area contributed by atoms with Gasteiger partial charge in [0.05, 0.1) is 10.5 Å². The molecule has 2 rings (SSSR count). The van der Waals surface area contributed by atoms with E-state index in [9.17, 15) is 19.7 Å². The summed E-state index contributed by atoms with van der Waals surface area (Å²) in [5, 5.41) is 10.8. The fourth-order valence-corrected chi connectivity index (χ4v) is 1.58. The van der Waals surface area contributed by atoms with Crippen molar-refractivity contribution in [2.24, 2.45) is 0 Å². The number of carbonyl (C=O) groups is 2. The maximum atomic E-state index is 11.6. The van der Waals surface area contributed by atoms with E-state index in [1.807, 2.05) is 0 Å². The number of nitro groups is 1. The van der Waals surface area contributed by atoms with Crippen LogP contribution in [0.15, 0.2) is 42.5 Å². The van der Waals surface area contributed by atoms with E-state index in [0.29, 0.717) is 0 Å². The first-order chi connectivity index (χ1) is 8.09. The zero-order chi connectivity index (χ0) is 12.4. The molecule has 1 aliphatic rings. The van der Waals surface area contributed by atoms with E-state index in [2.05, 4.69) is 0 Å². The molecule has 0 unspecified atom stereocenters. The molecule has 0 amide bonds. The second-order valence-electron chi connectivity index (χ2n) is 3.43. The lowest BCUT2D eigenvalue weighted by atomic mass is 9.95. The van der Waals surface area contributed by atoms with E-state index in [4.69, 9.17) is 0 Å². The van der Waals surface area contributed by atoms with E-state index in [-0.39, 0.29) is 22.6 Å². The van der Waals surface area contributed by atoms with Crippen molar-refractivity contribution in [2.45, 2.75) is 0 Å². The Kier molecular flexibility index (Phi) is 2.66. The minimum Gasteiger partial charge on any atom is -0.290 e. The molecule has 17 heavy (non-hydrogen) atoms. The predicted molar refractivity (Wildman–Crippen MR) is 60.2 cm³/mol. The molecule has 0 heterocycles. The van der Waals surface area contributed by atoms with Gasteiger partial charge in [-0.05, 0) is 24.3 Å². The van der Waals surface area contributed by atoms with Crippen molar-refractivity contribution in [1.82, 2.24) is 0 Å². The molecular formula is C12H7NO4. The lowest BCUT2D eigenvalue weighted by Gasteiger charge is -2.07. The second-order valence-corrected chi connectivity index (χ2v) is 3.43. The molecule has 1 aromatic carbocycles. The number of nitro benzene ring substituents is 1. The van der Waals surface area contributed by atoms with E-state index in [0.717, 1.165) is 18.2 Å². The van der Waals surface area contributed by atoms with Crippen molar-refractivity contribution in [3.05, 3.63) is 58.2 Å². The van der Waals surface area contributed by atoms with E-state index >= 15 is 0 Å². The highest BCUT2D eigenvalue weighted by atomic mass is 16.6. The highest BCUT2D eigenvalue weighted by Gasteiger charge is 2.22.